The Morgan fingerprint density at radius 1 is 1.29 bits per heavy atom. The number of benzene rings is 1. The molecule has 1 aliphatic rings. The van der Waals surface area contributed by atoms with Gasteiger partial charge in [-0.2, -0.15) is 5.10 Å². The van der Waals surface area contributed by atoms with Crippen molar-refractivity contribution in [1.82, 2.24) is 19.2 Å². The molecule has 1 aliphatic heterocycles. The summed E-state index contributed by atoms with van der Waals surface area (Å²) in [6, 6.07) is 9.62. The lowest BCUT2D eigenvalue weighted by molar-refractivity contribution is -0.134. The van der Waals surface area contributed by atoms with Gasteiger partial charge in [0, 0.05) is 20.1 Å². The van der Waals surface area contributed by atoms with Gasteiger partial charge in [0.05, 0.1) is 6.10 Å². The molecule has 0 radical (unpaired) electrons. The zero-order valence-corrected chi connectivity index (χ0v) is 13.7. The minimum atomic E-state index is -0.498. The van der Waals surface area contributed by atoms with E-state index in [-0.39, 0.29) is 24.1 Å². The Morgan fingerprint density at radius 3 is 2.54 bits per heavy atom. The first-order valence-corrected chi connectivity index (χ1v) is 8.15. The molecule has 3 rings (SSSR count). The number of rotatable bonds is 4. The Hall–Kier alpha value is -2.41. The van der Waals surface area contributed by atoms with Crippen LogP contribution in [0.3, 0.4) is 0 Å². The van der Waals surface area contributed by atoms with Crippen LogP contribution in [0, 0.1) is 5.92 Å². The van der Waals surface area contributed by atoms with E-state index < -0.39 is 6.10 Å². The van der Waals surface area contributed by atoms with E-state index in [2.05, 4.69) is 5.10 Å². The van der Waals surface area contributed by atoms with E-state index in [4.69, 9.17) is 0 Å². The van der Waals surface area contributed by atoms with Gasteiger partial charge in [0.1, 0.15) is 12.9 Å². The molecule has 24 heavy (non-hydrogen) atoms. The van der Waals surface area contributed by atoms with Gasteiger partial charge < -0.3 is 10.0 Å². The predicted octanol–water partition coefficient (Wildman–Crippen LogP) is 0.554. The lowest BCUT2D eigenvalue weighted by atomic mass is 9.87. The number of amides is 1. The highest BCUT2D eigenvalue weighted by Gasteiger charge is 2.28. The van der Waals surface area contributed by atoms with Crippen molar-refractivity contribution in [3.8, 4) is 0 Å². The predicted molar refractivity (Wildman–Crippen MR) is 88.2 cm³/mol. The summed E-state index contributed by atoms with van der Waals surface area (Å²) in [5.74, 6) is 0.0393. The van der Waals surface area contributed by atoms with E-state index in [1.807, 2.05) is 30.3 Å². The van der Waals surface area contributed by atoms with Crippen molar-refractivity contribution < 1.29 is 9.90 Å². The number of aliphatic hydroxyl groups excluding tert-OH is 1. The highest BCUT2D eigenvalue weighted by molar-refractivity contribution is 5.75. The van der Waals surface area contributed by atoms with Crippen molar-refractivity contribution in [2.24, 2.45) is 13.0 Å². The number of hydrogen-bond acceptors (Lipinski definition) is 4. The van der Waals surface area contributed by atoms with Crippen molar-refractivity contribution in [3.63, 3.8) is 0 Å². The van der Waals surface area contributed by atoms with Crippen LogP contribution < -0.4 is 5.69 Å². The SMILES string of the molecule is Cn1cnn(CC(=O)N2CCC(C(O)c3ccccc3)CC2)c1=O. The van der Waals surface area contributed by atoms with Crippen molar-refractivity contribution >= 4 is 5.91 Å². The third-order valence-corrected chi connectivity index (χ3v) is 4.65. The van der Waals surface area contributed by atoms with E-state index in [1.165, 1.54) is 15.6 Å². The van der Waals surface area contributed by atoms with E-state index in [0.717, 1.165) is 18.4 Å². The molecule has 1 fully saturated rings. The molecule has 1 aromatic heterocycles. The standard InChI is InChI=1S/C17H22N4O3/c1-19-12-18-21(17(19)24)11-15(22)20-9-7-14(8-10-20)16(23)13-5-3-2-4-6-13/h2-6,12,14,16,23H,7-11H2,1H3. The largest absolute Gasteiger partial charge is 0.388 e. The molecule has 2 heterocycles. The van der Waals surface area contributed by atoms with Gasteiger partial charge in [0.15, 0.2) is 0 Å². The van der Waals surface area contributed by atoms with Gasteiger partial charge in [-0.25, -0.2) is 9.48 Å². The molecule has 0 saturated carbocycles. The molecule has 1 unspecified atom stereocenters. The molecular formula is C17H22N4O3. The number of aliphatic hydroxyl groups is 1. The minimum absolute atomic E-state index is 0.0361. The molecule has 1 amide bonds. The molecule has 0 aliphatic carbocycles. The number of likely N-dealkylation sites (tertiary alicyclic amines) is 1. The zero-order valence-electron chi connectivity index (χ0n) is 13.7. The first-order chi connectivity index (χ1) is 11.6. The van der Waals surface area contributed by atoms with Crippen LogP contribution in [0.5, 0.6) is 0 Å². The lowest BCUT2D eigenvalue weighted by Gasteiger charge is -2.34. The van der Waals surface area contributed by atoms with Crippen LogP contribution in [0.1, 0.15) is 24.5 Å². The van der Waals surface area contributed by atoms with Crippen LogP contribution in [0.25, 0.3) is 0 Å². The number of hydrogen-bond donors (Lipinski definition) is 1. The second-order valence-corrected chi connectivity index (χ2v) is 6.26. The molecular weight excluding hydrogens is 308 g/mol. The van der Waals surface area contributed by atoms with Crippen LogP contribution in [-0.4, -0.2) is 43.4 Å². The van der Waals surface area contributed by atoms with Gasteiger partial charge in [0.25, 0.3) is 0 Å². The second kappa shape index (κ2) is 7.00. The van der Waals surface area contributed by atoms with Crippen LogP contribution in [0.2, 0.25) is 0 Å². The highest BCUT2D eigenvalue weighted by atomic mass is 16.3. The summed E-state index contributed by atoms with van der Waals surface area (Å²) >= 11 is 0. The average molecular weight is 330 g/mol. The fourth-order valence-electron chi connectivity index (χ4n) is 3.14. The molecule has 1 N–H and O–H groups in total. The molecule has 128 valence electrons. The van der Waals surface area contributed by atoms with Crippen LogP contribution in [-0.2, 0) is 18.4 Å². The van der Waals surface area contributed by atoms with Crippen molar-refractivity contribution in [1.29, 1.82) is 0 Å². The maximum Gasteiger partial charge on any atom is 0.345 e. The van der Waals surface area contributed by atoms with Crippen LogP contribution in [0.4, 0.5) is 0 Å². The maximum atomic E-state index is 12.3. The summed E-state index contributed by atoms with van der Waals surface area (Å²) in [7, 11) is 1.60. The maximum absolute atomic E-state index is 12.3. The van der Waals surface area contributed by atoms with E-state index in [9.17, 15) is 14.7 Å². The van der Waals surface area contributed by atoms with Gasteiger partial charge in [-0.15, -0.1) is 0 Å². The third kappa shape index (κ3) is 3.41. The average Bonchev–Trinajstić information content (AvgIpc) is 2.94. The van der Waals surface area contributed by atoms with Crippen LogP contribution in [0.15, 0.2) is 41.5 Å². The van der Waals surface area contributed by atoms with Gasteiger partial charge in [-0.3, -0.25) is 9.36 Å². The Balaban J connectivity index is 1.56. The van der Waals surface area contributed by atoms with Gasteiger partial charge >= 0.3 is 5.69 Å². The first-order valence-electron chi connectivity index (χ1n) is 8.15. The molecule has 1 saturated heterocycles. The van der Waals surface area contributed by atoms with E-state index in [0.29, 0.717) is 13.1 Å². The summed E-state index contributed by atoms with van der Waals surface area (Å²) in [6.45, 7) is 1.15. The number of aromatic nitrogens is 3. The number of piperidine rings is 1. The summed E-state index contributed by atoms with van der Waals surface area (Å²) in [5, 5.41) is 14.4. The Kier molecular flexibility index (Phi) is 4.80. The fraction of sp³-hybridized carbons (Fsp3) is 0.471. The number of nitrogens with zero attached hydrogens (tertiary/aromatic N) is 4. The molecule has 7 nitrogen and oxygen atoms in total. The quantitative estimate of drug-likeness (QED) is 0.888. The minimum Gasteiger partial charge on any atom is -0.388 e. The molecule has 0 bridgehead atoms. The van der Waals surface area contributed by atoms with Gasteiger partial charge in [-0.1, -0.05) is 30.3 Å². The zero-order chi connectivity index (χ0) is 17.1. The number of carbonyl (C=O) groups excluding carboxylic acids is 1. The highest BCUT2D eigenvalue weighted by Crippen LogP contribution is 2.30. The normalized spacial score (nSPS) is 17.0. The summed E-state index contributed by atoms with van der Waals surface area (Å²) in [4.78, 5) is 25.8. The van der Waals surface area contributed by atoms with Crippen molar-refractivity contribution in [3.05, 3.63) is 52.7 Å². The topological polar surface area (TPSA) is 80.4 Å². The molecule has 1 atom stereocenters. The Labute approximate surface area is 140 Å². The Morgan fingerprint density at radius 2 is 1.96 bits per heavy atom. The third-order valence-electron chi connectivity index (χ3n) is 4.65. The smallest absolute Gasteiger partial charge is 0.345 e. The molecule has 2 aromatic rings. The molecule has 0 spiro atoms. The van der Waals surface area contributed by atoms with Gasteiger partial charge in [0.2, 0.25) is 5.91 Å². The molecule has 7 heteroatoms. The molecule has 1 aromatic carbocycles. The monoisotopic (exact) mass is 330 g/mol. The van der Waals surface area contributed by atoms with Crippen molar-refractivity contribution in [2.45, 2.75) is 25.5 Å². The fourth-order valence-corrected chi connectivity index (χ4v) is 3.14. The Bertz CT molecular complexity index is 745. The van der Waals surface area contributed by atoms with E-state index in [1.54, 1.807) is 11.9 Å². The second-order valence-electron chi connectivity index (χ2n) is 6.26. The summed E-state index contributed by atoms with van der Waals surface area (Å²) in [5.41, 5.74) is 0.625. The van der Waals surface area contributed by atoms with Crippen molar-refractivity contribution in [2.75, 3.05) is 13.1 Å². The van der Waals surface area contributed by atoms with Gasteiger partial charge in [-0.05, 0) is 24.3 Å². The van der Waals surface area contributed by atoms with E-state index >= 15 is 0 Å². The number of aryl methyl sites for hydroxylation is 1. The summed E-state index contributed by atoms with van der Waals surface area (Å²) < 4.78 is 2.52. The first kappa shape index (κ1) is 16.4. The number of carbonyl (C=O) groups is 1. The summed E-state index contributed by atoms with van der Waals surface area (Å²) in [6.07, 6.45) is 2.40. The lowest BCUT2D eigenvalue weighted by Crippen LogP contribution is -2.42. The van der Waals surface area contributed by atoms with Crippen LogP contribution >= 0.6 is 0 Å².